The second kappa shape index (κ2) is 4.20. The van der Waals surface area contributed by atoms with Gasteiger partial charge in [-0.3, -0.25) is 0 Å². The van der Waals surface area contributed by atoms with Gasteiger partial charge in [0.25, 0.3) is 0 Å². The van der Waals surface area contributed by atoms with Gasteiger partial charge < -0.3 is 5.73 Å². The highest BCUT2D eigenvalue weighted by Gasteiger charge is 2.27. The molecule has 0 spiro atoms. The van der Waals surface area contributed by atoms with Gasteiger partial charge in [0.2, 0.25) is 0 Å². The van der Waals surface area contributed by atoms with Gasteiger partial charge in [-0.25, -0.2) is 0 Å². The van der Waals surface area contributed by atoms with Crippen LogP contribution >= 0.6 is 11.6 Å². The molecule has 2 N–H and O–H groups in total. The van der Waals surface area contributed by atoms with Gasteiger partial charge in [0.1, 0.15) is 0 Å². The zero-order chi connectivity index (χ0) is 8.20. The summed E-state index contributed by atoms with van der Waals surface area (Å²) in [6.45, 7) is 6.30. The SMILES string of the molecule is CCC(CC)C(N)(Cl)CC. The van der Waals surface area contributed by atoms with Crippen molar-refractivity contribution in [3.8, 4) is 0 Å². The highest BCUT2D eigenvalue weighted by molar-refractivity contribution is 6.23. The van der Waals surface area contributed by atoms with Gasteiger partial charge in [-0.05, 0) is 12.3 Å². The Balaban J connectivity index is 3.97. The van der Waals surface area contributed by atoms with E-state index in [-0.39, 0.29) is 0 Å². The molecule has 2 heteroatoms. The smallest absolute Gasteiger partial charge is 0.0936 e. The number of rotatable bonds is 4. The molecule has 0 aliphatic carbocycles. The van der Waals surface area contributed by atoms with Crippen LogP contribution in [0.25, 0.3) is 0 Å². The second-order valence-electron chi connectivity index (χ2n) is 2.79. The molecule has 0 aliphatic rings. The predicted octanol–water partition coefficient (Wildman–Crippen LogP) is 2.73. The molecule has 62 valence electrons. The summed E-state index contributed by atoms with van der Waals surface area (Å²) in [7, 11) is 0. The van der Waals surface area contributed by atoms with Crippen molar-refractivity contribution >= 4 is 11.6 Å². The van der Waals surface area contributed by atoms with Gasteiger partial charge >= 0.3 is 0 Å². The van der Waals surface area contributed by atoms with E-state index in [9.17, 15) is 0 Å². The minimum atomic E-state index is -0.469. The summed E-state index contributed by atoms with van der Waals surface area (Å²) in [4.78, 5) is -0.469. The molecule has 0 aromatic rings. The zero-order valence-corrected chi connectivity index (χ0v) is 7.91. The van der Waals surface area contributed by atoms with Crippen molar-refractivity contribution in [1.29, 1.82) is 0 Å². The third-order valence-corrected chi connectivity index (χ3v) is 2.78. The normalized spacial score (nSPS) is 17.4. The molecule has 0 saturated heterocycles. The lowest BCUT2D eigenvalue weighted by Crippen LogP contribution is -2.40. The lowest BCUT2D eigenvalue weighted by Gasteiger charge is -2.29. The molecule has 1 nitrogen and oxygen atoms in total. The van der Waals surface area contributed by atoms with Crippen LogP contribution in [0.3, 0.4) is 0 Å². The molecule has 1 atom stereocenters. The molecular formula is C8H18ClN. The van der Waals surface area contributed by atoms with Crippen LogP contribution in [0.2, 0.25) is 0 Å². The van der Waals surface area contributed by atoms with Crippen molar-refractivity contribution in [3.05, 3.63) is 0 Å². The first-order valence-electron chi connectivity index (χ1n) is 4.06. The number of hydrogen-bond acceptors (Lipinski definition) is 1. The first kappa shape index (κ1) is 10.2. The van der Waals surface area contributed by atoms with Crippen LogP contribution in [0, 0.1) is 5.92 Å². The van der Waals surface area contributed by atoms with E-state index in [0.29, 0.717) is 5.92 Å². The van der Waals surface area contributed by atoms with Gasteiger partial charge in [-0.2, -0.15) is 0 Å². The number of halogens is 1. The zero-order valence-electron chi connectivity index (χ0n) is 7.15. The maximum absolute atomic E-state index is 6.06. The standard InChI is InChI=1S/C8H18ClN/c1-4-7(5-2)8(9,10)6-3/h7H,4-6,10H2,1-3H3. The van der Waals surface area contributed by atoms with Crippen molar-refractivity contribution in [3.63, 3.8) is 0 Å². The number of alkyl halides is 1. The Labute approximate surface area is 68.9 Å². The number of hydrogen-bond donors (Lipinski definition) is 1. The maximum Gasteiger partial charge on any atom is 0.0936 e. The lowest BCUT2D eigenvalue weighted by atomic mass is 9.92. The van der Waals surface area contributed by atoms with Crippen molar-refractivity contribution < 1.29 is 0 Å². The second-order valence-corrected chi connectivity index (χ2v) is 3.50. The molecular weight excluding hydrogens is 146 g/mol. The largest absolute Gasteiger partial charge is 0.313 e. The van der Waals surface area contributed by atoms with Crippen LogP contribution in [0.5, 0.6) is 0 Å². The molecule has 0 aliphatic heterocycles. The lowest BCUT2D eigenvalue weighted by molar-refractivity contribution is 0.344. The predicted molar refractivity (Wildman–Crippen MR) is 47.1 cm³/mol. The van der Waals surface area contributed by atoms with Crippen molar-refractivity contribution in [1.82, 2.24) is 0 Å². The topological polar surface area (TPSA) is 26.0 Å². The Morgan fingerprint density at radius 2 is 1.70 bits per heavy atom. The summed E-state index contributed by atoms with van der Waals surface area (Å²) >= 11 is 6.06. The fourth-order valence-corrected chi connectivity index (χ4v) is 1.56. The minimum Gasteiger partial charge on any atom is -0.313 e. The van der Waals surface area contributed by atoms with Crippen LogP contribution in [-0.4, -0.2) is 5.00 Å². The fourth-order valence-electron chi connectivity index (χ4n) is 1.26. The molecule has 0 bridgehead atoms. The molecule has 0 aromatic heterocycles. The van der Waals surface area contributed by atoms with Gasteiger partial charge in [-0.15, -0.1) is 11.6 Å². The van der Waals surface area contributed by atoms with E-state index in [1.165, 1.54) is 0 Å². The highest BCUT2D eigenvalue weighted by Crippen LogP contribution is 2.28. The molecule has 1 unspecified atom stereocenters. The summed E-state index contributed by atoms with van der Waals surface area (Å²) in [5.41, 5.74) is 5.85. The molecule has 0 fully saturated rings. The van der Waals surface area contributed by atoms with Crippen molar-refractivity contribution in [2.75, 3.05) is 0 Å². The fraction of sp³-hybridized carbons (Fsp3) is 1.00. The Kier molecular flexibility index (Phi) is 4.30. The maximum atomic E-state index is 6.06. The van der Waals surface area contributed by atoms with Crippen LogP contribution in [-0.2, 0) is 0 Å². The summed E-state index contributed by atoms with van der Waals surface area (Å²) in [6.07, 6.45) is 3.00. The third kappa shape index (κ3) is 2.47. The van der Waals surface area contributed by atoms with Crippen LogP contribution in [0.15, 0.2) is 0 Å². The van der Waals surface area contributed by atoms with E-state index in [2.05, 4.69) is 13.8 Å². The van der Waals surface area contributed by atoms with Crippen LogP contribution < -0.4 is 5.73 Å². The molecule has 0 saturated carbocycles. The molecule has 10 heavy (non-hydrogen) atoms. The van der Waals surface area contributed by atoms with Gasteiger partial charge in [0, 0.05) is 0 Å². The van der Waals surface area contributed by atoms with E-state index in [1.807, 2.05) is 6.92 Å². The summed E-state index contributed by atoms with van der Waals surface area (Å²) < 4.78 is 0. The summed E-state index contributed by atoms with van der Waals surface area (Å²) in [5, 5.41) is 0. The molecule has 0 amide bonds. The Morgan fingerprint density at radius 1 is 1.30 bits per heavy atom. The van der Waals surface area contributed by atoms with E-state index >= 15 is 0 Å². The average Bonchev–Trinajstić information content (AvgIpc) is 1.90. The van der Waals surface area contributed by atoms with Crippen molar-refractivity contribution in [2.24, 2.45) is 11.7 Å². The van der Waals surface area contributed by atoms with E-state index in [1.54, 1.807) is 0 Å². The Morgan fingerprint density at radius 3 is 1.80 bits per heavy atom. The quantitative estimate of drug-likeness (QED) is 0.501. The van der Waals surface area contributed by atoms with Crippen LogP contribution in [0.4, 0.5) is 0 Å². The highest BCUT2D eigenvalue weighted by atomic mass is 35.5. The summed E-state index contributed by atoms with van der Waals surface area (Å²) in [6, 6.07) is 0. The van der Waals surface area contributed by atoms with E-state index in [0.717, 1.165) is 19.3 Å². The van der Waals surface area contributed by atoms with Gasteiger partial charge in [0.15, 0.2) is 0 Å². The number of nitrogens with two attached hydrogens (primary N) is 1. The third-order valence-electron chi connectivity index (χ3n) is 2.21. The Bertz CT molecular complexity index is 87.3. The first-order valence-corrected chi connectivity index (χ1v) is 4.44. The van der Waals surface area contributed by atoms with Crippen molar-refractivity contribution in [2.45, 2.75) is 45.0 Å². The van der Waals surface area contributed by atoms with E-state index < -0.39 is 5.00 Å². The first-order chi connectivity index (χ1) is 4.58. The average molecular weight is 164 g/mol. The molecule has 0 radical (unpaired) electrons. The molecule has 0 aromatic carbocycles. The monoisotopic (exact) mass is 163 g/mol. The van der Waals surface area contributed by atoms with Crippen LogP contribution in [0.1, 0.15) is 40.0 Å². The Hall–Kier alpha value is 0.250. The van der Waals surface area contributed by atoms with E-state index in [4.69, 9.17) is 17.3 Å². The summed E-state index contributed by atoms with van der Waals surface area (Å²) in [5.74, 6) is 0.458. The molecule has 0 rings (SSSR count). The minimum absolute atomic E-state index is 0.458. The van der Waals surface area contributed by atoms with Gasteiger partial charge in [0.05, 0.1) is 5.00 Å². The van der Waals surface area contributed by atoms with Gasteiger partial charge in [-0.1, -0.05) is 33.6 Å². The molecule has 0 heterocycles.